The average Bonchev–Trinajstić information content (AvgIpc) is 2.52. The van der Waals surface area contributed by atoms with Gasteiger partial charge in [0, 0.05) is 42.4 Å². The number of nitrogens with two attached hydrogens (primary N) is 1. The number of piperidine rings is 1. The fourth-order valence-corrected chi connectivity index (χ4v) is 2.76. The third kappa shape index (κ3) is 4.16. The Morgan fingerprint density at radius 2 is 2.05 bits per heavy atom. The van der Waals surface area contributed by atoms with Crippen LogP contribution in [0.15, 0.2) is 30.4 Å². The third-order valence-corrected chi connectivity index (χ3v) is 4.02. The zero-order valence-electron chi connectivity index (χ0n) is 13.0. The van der Waals surface area contributed by atoms with Crippen molar-refractivity contribution in [3.05, 3.63) is 41.7 Å². The van der Waals surface area contributed by atoms with Gasteiger partial charge in [0.25, 0.3) is 0 Å². The van der Waals surface area contributed by atoms with Crippen molar-refractivity contribution in [1.82, 2.24) is 9.88 Å². The summed E-state index contributed by atoms with van der Waals surface area (Å²) >= 11 is 0. The van der Waals surface area contributed by atoms with Gasteiger partial charge in [-0.3, -0.25) is 14.6 Å². The molecule has 1 aromatic rings. The van der Waals surface area contributed by atoms with Crippen LogP contribution in [0, 0.1) is 0 Å². The van der Waals surface area contributed by atoms with Crippen LogP contribution in [0.1, 0.15) is 43.5 Å². The molecule has 1 aliphatic rings. The zero-order valence-corrected chi connectivity index (χ0v) is 13.0. The molecule has 5 heteroatoms. The second-order valence-corrected chi connectivity index (χ2v) is 5.87. The molecule has 0 radical (unpaired) electrons. The van der Waals surface area contributed by atoms with E-state index in [4.69, 9.17) is 5.73 Å². The number of carbonyl (C=O) groups is 2. The van der Waals surface area contributed by atoms with Crippen molar-refractivity contribution >= 4 is 11.8 Å². The fourth-order valence-electron chi connectivity index (χ4n) is 2.76. The first-order chi connectivity index (χ1) is 10.5. The maximum Gasteiger partial charge on any atom is 0.248 e. The summed E-state index contributed by atoms with van der Waals surface area (Å²) in [4.78, 5) is 29.3. The van der Waals surface area contributed by atoms with Crippen LogP contribution >= 0.6 is 0 Å². The highest BCUT2D eigenvalue weighted by atomic mass is 16.2. The number of nitrogens with zero attached hydrogens (tertiary/aromatic N) is 2. The lowest BCUT2D eigenvalue weighted by Crippen LogP contribution is -2.38. The van der Waals surface area contributed by atoms with E-state index in [9.17, 15) is 9.59 Å². The summed E-state index contributed by atoms with van der Waals surface area (Å²) in [5.74, 6) is 0.100. The number of aryl methyl sites for hydroxylation is 1. The van der Waals surface area contributed by atoms with Crippen molar-refractivity contribution in [2.75, 3.05) is 13.1 Å². The number of likely N-dealkylation sites (tertiary alicyclic amines) is 1. The van der Waals surface area contributed by atoms with Crippen molar-refractivity contribution in [2.24, 2.45) is 5.73 Å². The Morgan fingerprint density at radius 1 is 1.36 bits per heavy atom. The van der Waals surface area contributed by atoms with Gasteiger partial charge in [-0.25, -0.2) is 0 Å². The normalized spacial score (nSPS) is 15.6. The lowest BCUT2D eigenvalue weighted by atomic mass is 9.92. The maximum absolute atomic E-state index is 11.9. The molecular formula is C17H23N3O2. The molecule has 1 aliphatic heterocycles. The van der Waals surface area contributed by atoms with E-state index in [1.54, 1.807) is 6.92 Å². The molecule has 2 amide bonds. The summed E-state index contributed by atoms with van der Waals surface area (Å²) in [6, 6.07) is 5.92. The Kier molecular flexibility index (Phi) is 5.31. The minimum Gasteiger partial charge on any atom is -0.370 e. The molecule has 0 aliphatic carbocycles. The molecule has 5 nitrogen and oxygen atoms in total. The van der Waals surface area contributed by atoms with Crippen LogP contribution in [0.25, 0.3) is 0 Å². The van der Waals surface area contributed by atoms with Gasteiger partial charge < -0.3 is 10.6 Å². The summed E-state index contributed by atoms with van der Waals surface area (Å²) in [6.07, 6.45) is 2.72. The molecule has 1 saturated heterocycles. The molecule has 0 unspecified atom stereocenters. The van der Waals surface area contributed by atoms with Crippen LogP contribution in [-0.2, 0) is 16.0 Å². The highest BCUT2D eigenvalue weighted by Gasteiger charge is 2.24. The summed E-state index contributed by atoms with van der Waals surface area (Å²) < 4.78 is 0. The molecule has 2 heterocycles. The van der Waals surface area contributed by atoms with E-state index < -0.39 is 0 Å². The lowest BCUT2D eigenvalue weighted by molar-refractivity contribution is -0.128. The molecular weight excluding hydrogens is 278 g/mol. The molecule has 0 spiro atoms. The number of aromatic nitrogens is 1. The lowest BCUT2D eigenvalue weighted by Gasteiger charge is -2.32. The molecule has 1 aromatic heterocycles. The molecule has 0 atom stereocenters. The monoisotopic (exact) mass is 301 g/mol. The van der Waals surface area contributed by atoms with Crippen LogP contribution in [0.5, 0.6) is 0 Å². The average molecular weight is 301 g/mol. The SMILES string of the molecule is C=C(C)C(=O)N1CCC(c2cccc(CCC(N)=O)n2)CC1. The van der Waals surface area contributed by atoms with Gasteiger partial charge in [-0.05, 0) is 38.3 Å². The summed E-state index contributed by atoms with van der Waals surface area (Å²) in [7, 11) is 0. The van der Waals surface area contributed by atoms with Crippen molar-refractivity contribution in [2.45, 2.75) is 38.5 Å². The zero-order chi connectivity index (χ0) is 16.1. The fraction of sp³-hybridized carbons (Fsp3) is 0.471. The van der Waals surface area contributed by atoms with E-state index in [1.807, 2.05) is 23.1 Å². The van der Waals surface area contributed by atoms with Gasteiger partial charge in [-0.2, -0.15) is 0 Å². The number of amides is 2. The Bertz CT molecular complexity index is 575. The second kappa shape index (κ2) is 7.20. The molecule has 118 valence electrons. The number of hydrogen-bond donors (Lipinski definition) is 1. The van der Waals surface area contributed by atoms with E-state index >= 15 is 0 Å². The van der Waals surface area contributed by atoms with Crippen molar-refractivity contribution in [3.8, 4) is 0 Å². The van der Waals surface area contributed by atoms with Gasteiger partial charge in [0.2, 0.25) is 11.8 Å². The Morgan fingerprint density at radius 3 is 2.64 bits per heavy atom. The first-order valence-electron chi connectivity index (χ1n) is 7.66. The highest BCUT2D eigenvalue weighted by molar-refractivity contribution is 5.92. The smallest absolute Gasteiger partial charge is 0.248 e. The first kappa shape index (κ1) is 16.2. The molecule has 1 fully saturated rings. The van der Waals surface area contributed by atoms with Crippen LogP contribution in [0.4, 0.5) is 0 Å². The largest absolute Gasteiger partial charge is 0.370 e. The predicted octanol–water partition coefficient (Wildman–Crippen LogP) is 1.78. The number of hydrogen-bond acceptors (Lipinski definition) is 3. The van der Waals surface area contributed by atoms with E-state index in [2.05, 4.69) is 11.6 Å². The molecule has 0 aromatic carbocycles. The molecule has 0 bridgehead atoms. The molecule has 22 heavy (non-hydrogen) atoms. The highest BCUT2D eigenvalue weighted by Crippen LogP contribution is 2.27. The van der Waals surface area contributed by atoms with Gasteiger partial charge in [-0.1, -0.05) is 12.6 Å². The quantitative estimate of drug-likeness (QED) is 0.842. The van der Waals surface area contributed by atoms with Gasteiger partial charge in [0.1, 0.15) is 0 Å². The number of rotatable bonds is 5. The topological polar surface area (TPSA) is 76.3 Å². The van der Waals surface area contributed by atoms with Gasteiger partial charge >= 0.3 is 0 Å². The van der Waals surface area contributed by atoms with Gasteiger partial charge in [0.05, 0.1) is 0 Å². The van der Waals surface area contributed by atoms with Crippen molar-refractivity contribution < 1.29 is 9.59 Å². The van der Waals surface area contributed by atoms with Crippen molar-refractivity contribution in [3.63, 3.8) is 0 Å². The predicted molar refractivity (Wildman–Crippen MR) is 85.1 cm³/mol. The van der Waals surface area contributed by atoms with E-state index in [0.29, 0.717) is 24.3 Å². The first-order valence-corrected chi connectivity index (χ1v) is 7.66. The third-order valence-electron chi connectivity index (χ3n) is 4.02. The van der Waals surface area contributed by atoms with E-state index in [-0.39, 0.29) is 11.8 Å². The maximum atomic E-state index is 11.9. The van der Waals surface area contributed by atoms with Gasteiger partial charge in [-0.15, -0.1) is 0 Å². The number of pyridine rings is 1. The van der Waals surface area contributed by atoms with E-state index in [0.717, 1.165) is 37.3 Å². The van der Waals surface area contributed by atoms with Gasteiger partial charge in [0.15, 0.2) is 0 Å². The summed E-state index contributed by atoms with van der Waals surface area (Å²) in [5, 5.41) is 0. The van der Waals surface area contributed by atoms with Crippen LogP contribution in [0.2, 0.25) is 0 Å². The van der Waals surface area contributed by atoms with E-state index in [1.165, 1.54) is 0 Å². The number of primary amides is 1. The summed E-state index contributed by atoms with van der Waals surface area (Å²) in [6.45, 7) is 6.94. The number of carbonyl (C=O) groups excluding carboxylic acids is 2. The minimum absolute atomic E-state index is 0.0432. The Labute approximate surface area is 131 Å². The van der Waals surface area contributed by atoms with Crippen LogP contribution in [0.3, 0.4) is 0 Å². The second-order valence-electron chi connectivity index (χ2n) is 5.87. The van der Waals surface area contributed by atoms with Crippen LogP contribution < -0.4 is 5.73 Å². The minimum atomic E-state index is -0.307. The molecule has 2 N–H and O–H groups in total. The molecule has 0 saturated carbocycles. The Balaban J connectivity index is 1.96. The summed E-state index contributed by atoms with van der Waals surface area (Å²) in [5.41, 5.74) is 7.71. The standard InChI is InChI=1S/C17H23N3O2/c1-12(2)17(22)20-10-8-13(9-11-20)15-5-3-4-14(19-15)6-7-16(18)21/h3-5,13H,1,6-11H2,2H3,(H2,18,21). The van der Waals surface area contributed by atoms with Crippen molar-refractivity contribution in [1.29, 1.82) is 0 Å². The molecule has 2 rings (SSSR count). The Hall–Kier alpha value is -2.17. The van der Waals surface area contributed by atoms with Crippen LogP contribution in [-0.4, -0.2) is 34.8 Å².